The van der Waals surface area contributed by atoms with E-state index < -0.39 is 12.0 Å². The van der Waals surface area contributed by atoms with Crippen molar-refractivity contribution in [1.82, 2.24) is 5.43 Å². The molecule has 0 unspecified atom stereocenters. The van der Waals surface area contributed by atoms with Crippen molar-refractivity contribution in [3.63, 3.8) is 0 Å². The van der Waals surface area contributed by atoms with E-state index in [-0.39, 0.29) is 0 Å². The normalized spacial score (nSPS) is 11.9. The molecule has 118 valence electrons. The van der Waals surface area contributed by atoms with Crippen molar-refractivity contribution in [1.29, 1.82) is 0 Å². The van der Waals surface area contributed by atoms with Gasteiger partial charge in [-0.3, -0.25) is 4.79 Å². The number of nitrogens with one attached hydrogen (secondary N) is 1. The number of hydrazone groups is 1. The number of carbonyl (C=O) groups is 1. The molecular formula is C18H18N2O3. The number of aliphatic hydroxyl groups excluding tert-OH is 1. The van der Waals surface area contributed by atoms with E-state index in [9.17, 15) is 9.90 Å². The molecule has 1 atom stereocenters. The van der Waals surface area contributed by atoms with Crippen molar-refractivity contribution in [2.45, 2.75) is 6.10 Å². The molecule has 0 aliphatic heterocycles. The van der Waals surface area contributed by atoms with Crippen LogP contribution in [0.25, 0.3) is 0 Å². The summed E-state index contributed by atoms with van der Waals surface area (Å²) in [5.41, 5.74) is 3.59. The zero-order chi connectivity index (χ0) is 16.5. The summed E-state index contributed by atoms with van der Waals surface area (Å²) in [6.45, 7) is 4.00. The van der Waals surface area contributed by atoms with Gasteiger partial charge in [0.25, 0.3) is 5.91 Å². The summed E-state index contributed by atoms with van der Waals surface area (Å²) in [5.74, 6) is 0.0935. The number of carbonyl (C=O) groups excluding carboxylic acids is 1. The number of ether oxygens (including phenoxy) is 1. The first kappa shape index (κ1) is 16.5. The minimum Gasteiger partial charge on any atom is -0.490 e. The monoisotopic (exact) mass is 310 g/mol. The first-order valence-electron chi connectivity index (χ1n) is 7.10. The topological polar surface area (TPSA) is 70.9 Å². The summed E-state index contributed by atoms with van der Waals surface area (Å²) in [5, 5.41) is 13.8. The van der Waals surface area contributed by atoms with E-state index in [1.807, 2.05) is 24.3 Å². The van der Waals surface area contributed by atoms with E-state index in [4.69, 9.17) is 4.74 Å². The molecule has 2 N–H and O–H groups in total. The second-order valence-corrected chi connectivity index (χ2v) is 4.72. The Labute approximate surface area is 134 Å². The van der Waals surface area contributed by atoms with Crippen LogP contribution in [-0.4, -0.2) is 23.8 Å². The van der Waals surface area contributed by atoms with Gasteiger partial charge in [0.15, 0.2) is 6.10 Å². The lowest BCUT2D eigenvalue weighted by Crippen LogP contribution is -2.25. The summed E-state index contributed by atoms with van der Waals surface area (Å²) in [6.07, 6.45) is 1.89. The number of nitrogens with zero attached hydrogens (tertiary/aromatic N) is 1. The predicted molar refractivity (Wildman–Crippen MR) is 89.3 cm³/mol. The van der Waals surface area contributed by atoms with Crippen molar-refractivity contribution in [2.24, 2.45) is 5.10 Å². The predicted octanol–water partition coefficient (Wildman–Crippen LogP) is 2.44. The lowest BCUT2D eigenvalue weighted by Gasteiger charge is -2.08. The van der Waals surface area contributed by atoms with Crippen LogP contribution in [0.2, 0.25) is 0 Å². The molecule has 0 aliphatic carbocycles. The molecular weight excluding hydrogens is 292 g/mol. The number of aliphatic hydroxyl groups is 1. The van der Waals surface area contributed by atoms with Crippen molar-refractivity contribution in [2.75, 3.05) is 6.61 Å². The van der Waals surface area contributed by atoms with Crippen molar-refractivity contribution >= 4 is 12.1 Å². The molecule has 0 bridgehead atoms. The van der Waals surface area contributed by atoms with Gasteiger partial charge in [-0.15, -0.1) is 0 Å². The highest BCUT2D eigenvalue weighted by atomic mass is 16.5. The van der Waals surface area contributed by atoms with E-state index >= 15 is 0 Å². The molecule has 0 spiro atoms. The van der Waals surface area contributed by atoms with Crippen LogP contribution in [0.1, 0.15) is 17.2 Å². The van der Waals surface area contributed by atoms with Crippen molar-refractivity contribution in [3.05, 3.63) is 78.4 Å². The van der Waals surface area contributed by atoms with Crippen LogP contribution >= 0.6 is 0 Å². The molecule has 5 nitrogen and oxygen atoms in total. The Hall–Kier alpha value is -2.92. The number of rotatable bonds is 7. The molecule has 2 aromatic carbocycles. The highest BCUT2D eigenvalue weighted by molar-refractivity contribution is 5.85. The van der Waals surface area contributed by atoms with Gasteiger partial charge in [-0.2, -0.15) is 5.10 Å². The zero-order valence-electron chi connectivity index (χ0n) is 12.6. The second kappa shape index (κ2) is 8.51. The third-order valence-electron chi connectivity index (χ3n) is 2.98. The fraction of sp³-hybridized carbons (Fsp3) is 0.111. The SMILES string of the molecule is C=CCOc1cccc(/C=N\NC(=O)[C@@H](O)c2ccccc2)c1. The molecule has 0 aliphatic rings. The summed E-state index contributed by atoms with van der Waals surface area (Å²) in [6, 6.07) is 15.9. The summed E-state index contributed by atoms with van der Waals surface area (Å²) in [4.78, 5) is 11.8. The van der Waals surface area contributed by atoms with Gasteiger partial charge in [0.2, 0.25) is 0 Å². The van der Waals surface area contributed by atoms with Gasteiger partial charge in [-0.25, -0.2) is 5.43 Å². The fourth-order valence-electron chi connectivity index (χ4n) is 1.86. The Balaban J connectivity index is 1.93. The van der Waals surface area contributed by atoms with Crippen LogP contribution in [-0.2, 0) is 4.79 Å². The molecule has 1 amide bonds. The van der Waals surface area contributed by atoms with Crippen LogP contribution in [0.15, 0.2) is 72.4 Å². The maximum atomic E-state index is 11.8. The van der Waals surface area contributed by atoms with Crippen molar-refractivity contribution in [3.8, 4) is 5.75 Å². The fourth-order valence-corrected chi connectivity index (χ4v) is 1.86. The van der Waals surface area contributed by atoms with Gasteiger partial charge in [0.05, 0.1) is 6.21 Å². The van der Waals surface area contributed by atoms with Gasteiger partial charge < -0.3 is 9.84 Å². The van der Waals surface area contributed by atoms with Gasteiger partial charge in [0, 0.05) is 0 Å². The highest BCUT2D eigenvalue weighted by Crippen LogP contribution is 2.13. The molecule has 0 fully saturated rings. The maximum absolute atomic E-state index is 11.8. The Kier molecular flexibility index (Phi) is 6.08. The highest BCUT2D eigenvalue weighted by Gasteiger charge is 2.15. The Morgan fingerprint density at radius 1 is 1.26 bits per heavy atom. The average molecular weight is 310 g/mol. The maximum Gasteiger partial charge on any atom is 0.273 e. The lowest BCUT2D eigenvalue weighted by atomic mass is 10.1. The van der Waals surface area contributed by atoms with E-state index in [0.29, 0.717) is 17.9 Å². The summed E-state index contributed by atoms with van der Waals surface area (Å²) >= 11 is 0. The lowest BCUT2D eigenvalue weighted by molar-refractivity contribution is -0.129. The van der Waals surface area contributed by atoms with Crippen LogP contribution in [0.3, 0.4) is 0 Å². The Bertz CT molecular complexity index is 684. The van der Waals surface area contributed by atoms with E-state index in [1.165, 1.54) is 6.21 Å². The van der Waals surface area contributed by atoms with Gasteiger partial charge in [0.1, 0.15) is 12.4 Å². The molecule has 0 aromatic heterocycles. The second-order valence-electron chi connectivity index (χ2n) is 4.72. The van der Waals surface area contributed by atoms with Crippen LogP contribution in [0.5, 0.6) is 5.75 Å². The van der Waals surface area contributed by atoms with Crippen LogP contribution in [0.4, 0.5) is 0 Å². The van der Waals surface area contributed by atoms with Crippen LogP contribution in [0, 0.1) is 0 Å². The van der Waals surface area contributed by atoms with Gasteiger partial charge >= 0.3 is 0 Å². The third-order valence-corrected chi connectivity index (χ3v) is 2.98. The largest absolute Gasteiger partial charge is 0.490 e. The van der Waals surface area contributed by atoms with E-state index in [0.717, 1.165) is 5.56 Å². The first-order chi connectivity index (χ1) is 11.2. The zero-order valence-corrected chi connectivity index (χ0v) is 12.6. The van der Waals surface area contributed by atoms with Gasteiger partial charge in [-0.05, 0) is 23.3 Å². The van der Waals surface area contributed by atoms with E-state index in [2.05, 4.69) is 17.1 Å². The summed E-state index contributed by atoms with van der Waals surface area (Å²) < 4.78 is 5.41. The first-order valence-corrected chi connectivity index (χ1v) is 7.10. The smallest absolute Gasteiger partial charge is 0.273 e. The Morgan fingerprint density at radius 2 is 2.04 bits per heavy atom. The standard InChI is InChI=1S/C18H18N2O3/c1-2-11-23-16-10-6-7-14(12-16)13-19-20-18(22)17(21)15-8-4-3-5-9-15/h2-10,12-13,17,21H,1,11H2,(H,20,22)/b19-13-/t17-/m0/s1. The number of amides is 1. The molecule has 23 heavy (non-hydrogen) atoms. The minimum atomic E-state index is -1.25. The van der Waals surface area contributed by atoms with Crippen molar-refractivity contribution < 1.29 is 14.6 Å². The number of benzene rings is 2. The molecule has 5 heteroatoms. The number of hydrogen-bond acceptors (Lipinski definition) is 4. The molecule has 0 saturated heterocycles. The van der Waals surface area contributed by atoms with Crippen LogP contribution < -0.4 is 10.2 Å². The molecule has 0 radical (unpaired) electrons. The van der Waals surface area contributed by atoms with Gasteiger partial charge in [-0.1, -0.05) is 55.1 Å². The minimum absolute atomic E-state index is 0.417. The molecule has 2 rings (SSSR count). The Morgan fingerprint density at radius 3 is 2.78 bits per heavy atom. The average Bonchev–Trinajstić information content (AvgIpc) is 2.60. The third kappa shape index (κ3) is 5.09. The summed E-state index contributed by atoms with van der Waals surface area (Å²) in [7, 11) is 0. The molecule has 0 saturated carbocycles. The molecule has 0 heterocycles. The quantitative estimate of drug-likeness (QED) is 0.469. The number of hydrogen-bond donors (Lipinski definition) is 2. The van der Waals surface area contributed by atoms with E-state index in [1.54, 1.807) is 36.4 Å². The molecule has 2 aromatic rings.